The van der Waals surface area contributed by atoms with Crippen molar-refractivity contribution in [1.82, 2.24) is 0 Å². The van der Waals surface area contributed by atoms with Gasteiger partial charge in [-0.2, -0.15) is 0 Å². The first-order valence-corrected chi connectivity index (χ1v) is 5.40. The lowest BCUT2D eigenvalue weighted by Crippen LogP contribution is -2.45. The minimum absolute atomic E-state index is 0.416. The average Bonchev–Trinajstić information content (AvgIpc) is 2.20. The van der Waals surface area contributed by atoms with Crippen LogP contribution in [0.5, 0.6) is 0 Å². The first kappa shape index (κ1) is 14.7. The highest BCUT2D eigenvalue weighted by Gasteiger charge is 2.22. The van der Waals surface area contributed by atoms with Gasteiger partial charge < -0.3 is 4.48 Å². The molecule has 0 aromatic heterocycles. The molecule has 0 amide bonds. The third kappa shape index (κ3) is 7.07. The molecule has 1 atom stereocenters. The van der Waals surface area contributed by atoms with Gasteiger partial charge in [0.2, 0.25) is 12.2 Å². The lowest BCUT2D eigenvalue weighted by Gasteiger charge is -2.34. The van der Waals surface area contributed by atoms with Crippen LogP contribution in [0.2, 0.25) is 0 Å². The lowest BCUT2D eigenvalue weighted by atomic mass is 10.1. The Morgan fingerprint density at radius 2 is 1.56 bits per heavy atom. The molecule has 0 rings (SSSR count). The highest BCUT2D eigenvalue weighted by Crippen LogP contribution is 2.14. The number of rotatable bonds is 8. The Bertz CT molecular complexity index is 284. The molecule has 0 bridgehead atoms. The van der Waals surface area contributed by atoms with E-state index in [0.717, 1.165) is 23.7 Å². The van der Waals surface area contributed by atoms with E-state index in [2.05, 4.69) is 31.1 Å². The largest absolute Gasteiger partial charge is 0.328 e. The van der Waals surface area contributed by atoms with Gasteiger partial charge in [0, 0.05) is 12.8 Å². The molecule has 0 aliphatic carbocycles. The highest BCUT2D eigenvalue weighted by molar-refractivity contribution is 5.32. The number of aliphatic imine (C=N–C) groups is 2. The standard InChI is InChI=1S/C11H20N3O2/c1-14(2,3)11(6-8-13-10-16)5-4-7-12-9-15/h11H,4-8H2,1-3H3/q+1. The molecule has 0 saturated heterocycles. The number of quaternary nitrogens is 1. The summed E-state index contributed by atoms with van der Waals surface area (Å²) in [5.41, 5.74) is 0. The third-order valence-corrected chi connectivity index (χ3v) is 2.61. The van der Waals surface area contributed by atoms with Crippen LogP contribution in [0.4, 0.5) is 0 Å². The van der Waals surface area contributed by atoms with E-state index in [4.69, 9.17) is 0 Å². The molecule has 90 valence electrons. The molecule has 0 aliphatic rings. The number of hydrogen-bond donors (Lipinski definition) is 0. The van der Waals surface area contributed by atoms with E-state index in [-0.39, 0.29) is 0 Å². The Labute approximate surface area is 96.5 Å². The Morgan fingerprint density at radius 3 is 2.06 bits per heavy atom. The summed E-state index contributed by atoms with van der Waals surface area (Å²) >= 11 is 0. The maximum Gasteiger partial charge on any atom is 0.234 e. The molecule has 0 spiro atoms. The van der Waals surface area contributed by atoms with E-state index in [9.17, 15) is 9.59 Å². The van der Waals surface area contributed by atoms with Crippen molar-refractivity contribution in [3.63, 3.8) is 0 Å². The van der Waals surface area contributed by atoms with Gasteiger partial charge in [0.1, 0.15) is 0 Å². The quantitative estimate of drug-likeness (QED) is 0.267. The SMILES string of the molecule is C[N+](C)(C)C(CCCN=C=O)CCN=C=O. The van der Waals surface area contributed by atoms with Crippen molar-refractivity contribution in [2.45, 2.75) is 25.3 Å². The number of nitrogens with zero attached hydrogens (tertiary/aromatic N) is 3. The van der Waals surface area contributed by atoms with Crippen LogP contribution in [-0.2, 0) is 9.59 Å². The zero-order valence-electron chi connectivity index (χ0n) is 10.3. The summed E-state index contributed by atoms with van der Waals surface area (Å²) in [6.07, 6.45) is 5.76. The molecule has 0 aromatic carbocycles. The number of carbonyl (C=O) groups excluding carboxylic acids is 2. The van der Waals surface area contributed by atoms with Crippen LogP contribution in [0.15, 0.2) is 9.98 Å². The summed E-state index contributed by atoms with van der Waals surface area (Å²) in [4.78, 5) is 27.0. The molecule has 0 radical (unpaired) electrons. The second-order valence-electron chi connectivity index (χ2n) is 4.65. The highest BCUT2D eigenvalue weighted by atomic mass is 16.1. The molecule has 5 heteroatoms. The topological polar surface area (TPSA) is 58.9 Å². The Morgan fingerprint density at radius 1 is 1.00 bits per heavy atom. The molecule has 1 unspecified atom stereocenters. The monoisotopic (exact) mass is 226 g/mol. The zero-order valence-corrected chi connectivity index (χ0v) is 10.3. The second-order valence-corrected chi connectivity index (χ2v) is 4.65. The maximum absolute atomic E-state index is 9.98. The van der Waals surface area contributed by atoms with Crippen molar-refractivity contribution < 1.29 is 14.1 Å². The van der Waals surface area contributed by atoms with Crippen LogP contribution in [-0.4, -0.2) is 56.9 Å². The molecule has 0 N–H and O–H groups in total. The van der Waals surface area contributed by atoms with Gasteiger partial charge in [0.25, 0.3) is 0 Å². The van der Waals surface area contributed by atoms with Gasteiger partial charge in [-0.15, -0.1) is 0 Å². The molecule has 0 aliphatic heterocycles. The van der Waals surface area contributed by atoms with Crippen molar-refractivity contribution in [1.29, 1.82) is 0 Å². The van der Waals surface area contributed by atoms with E-state index in [1.807, 2.05) is 0 Å². The van der Waals surface area contributed by atoms with E-state index >= 15 is 0 Å². The van der Waals surface area contributed by atoms with Gasteiger partial charge in [0.15, 0.2) is 0 Å². The minimum Gasteiger partial charge on any atom is -0.328 e. The molecular weight excluding hydrogens is 206 g/mol. The van der Waals surface area contributed by atoms with Crippen LogP contribution in [0.25, 0.3) is 0 Å². The zero-order chi connectivity index (χ0) is 12.4. The molecule has 0 fully saturated rings. The molecule has 5 nitrogen and oxygen atoms in total. The smallest absolute Gasteiger partial charge is 0.234 e. The van der Waals surface area contributed by atoms with Crippen molar-refractivity contribution in [3.05, 3.63) is 0 Å². The van der Waals surface area contributed by atoms with E-state index in [0.29, 0.717) is 19.1 Å². The van der Waals surface area contributed by atoms with Gasteiger partial charge in [0.05, 0.1) is 40.3 Å². The van der Waals surface area contributed by atoms with Gasteiger partial charge in [-0.1, -0.05) is 0 Å². The fourth-order valence-corrected chi connectivity index (χ4v) is 1.63. The summed E-state index contributed by atoms with van der Waals surface area (Å²) in [6.45, 7) is 1.04. The van der Waals surface area contributed by atoms with Gasteiger partial charge >= 0.3 is 0 Å². The molecule has 0 saturated carbocycles. The van der Waals surface area contributed by atoms with Crippen molar-refractivity contribution in [2.75, 3.05) is 34.2 Å². The number of isocyanates is 2. The fraction of sp³-hybridized carbons (Fsp3) is 0.818. The second kappa shape index (κ2) is 7.94. The van der Waals surface area contributed by atoms with Gasteiger partial charge in [-0.05, 0) is 6.42 Å². The Hall–Kier alpha value is -1.28. The van der Waals surface area contributed by atoms with E-state index in [1.54, 1.807) is 6.08 Å². The first-order chi connectivity index (χ1) is 7.52. The van der Waals surface area contributed by atoms with Gasteiger partial charge in [-0.3, -0.25) is 0 Å². The third-order valence-electron chi connectivity index (χ3n) is 2.61. The average molecular weight is 226 g/mol. The van der Waals surface area contributed by atoms with Crippen LogP contribution in [0, 0.1) is 0 Å². The summed E-state index contributed by atoms with van der Waals surface area (Å²) < 4.78 is 0.819. The predicted molar refractivity (Wildman–Crippen MR) is 61.6 cm³/mol. The summed E-state index contributed by atoms with van der Waals surface area (Å²) in [5, 5.41) is 0. The Balaban J connectivity index is 4.10. The number of hydrogen-bond acceptors (Lipinski definition) is 4. The van der Waals surface area contributed by atoms with Crippen LogP contribution >= 0.6 is 0 Å². The summed E-state index contributed by atoms with van der Waals surface area (Å²) in [6, 6.07) is 0.416. The fourth-order valence-electron chi connectivity index (χ4n) is 1.63. The maximum atomic E-state index is 9.98. The predicted octanol–water partition coefficient (Wildman–Crippen LogP) is 0.903. The summed E-state index contributed by atoms with van der Waals surface area (Å²) in [7, 11) is 6.33. The Kier molecular flexibility index (Phi) is 7.31. The lowest BCUT2D eigenvalue weighted by molar-refractivity contribution is -0.896. The van der Waals surface area contributed by atoms with E-state index in [1.165, 1.54) is 6.08 Å². The molecule has 16 heavy (non-hydrogen) atoms. The van der Waals surface area contributed by atoms with E-state index < -0.39 is 0 Å². The molecular formula is C11H20N3O2+. The van der Waals surface area contributed by atoms with Crippen LogP contribution in [0.1, 0.15) is 19.3 Å². The molecule has 0 aromatic rings. The first-order valence-electron chi connectivity index (χ1n) is 5.40. The minimum atomic E-state index is 0.416. The summed E-state index contributed by atoms with van der Waals surface area (Å²) in [5.74, 6) is 0. The normalized spacial score (nSPS) is 12.4. The van der Waals surface area contributed by atoms with Crippen molar-refractivity contribution >= 4 is 12.2 Å². The van der Waals surface area contributed by atoms with Gasteiger partial charge in [-0.25, -0.2) is 19.6 Å². The van der Waals surface area contributed by atoms with Crippen LogP contribution in [0.3, 0.4) is 0 Å². The van der Waals surface area contributed by atoms with Crippen molar-refractivity contribution in [2.24, 2.45) is 9.98 Å². The molecule has 0 heterocycles. The van der Waals surface area contributed by atoms with Crippen molar-refractivity contribution in [3.8, 4) is 0 Å². The van der Waals surface area contributed by atoms with Crippen LogP contribution < -0.4 is 0 Å².